The molecule has 0 amide bonds. The molecule has 38 heavy (non-hydrogen) atoms. The van der Waals surface area contributed by atoms with Gasteiger partial charge in [0.1, 0.15) is 0 Å². The first kappa shape index (κ1) is 25.8. The van der Waals surface area contributed by atoms with Crippen molar-refractivity contribution in [1.29, 1.82) is 0 Å². The molecule has 3 aromatic rings. The van der Waals surface area contributed by atoms with Crippen LogP contribution in [0.15, 0.2) is 83.4 Å². The van der Waals surface area contributed by atoms with Gasteiger partial charge in [-0.1, -0.05) is 62.4 Å². The van der Waals surface area contributed by atoms with Gasteiger partial charge in [-0.05, 0) is 38.0 Å². The minimum absolute atomic E-state index is 0.0896. The van der Waals surface area contributed by atoms with Gasteiger partial charge < -0.3 is 4.90 Å². The predicted molar refractivity (Wildman–Crippen MR) is 159 cm³/mol. The maximum atomic E-state index is 13.5. The zero-order chi connectivity index (χ0) is 27.2. The van der Waals surface area contributed by atoms with Crippen molar-refractivity contribution < 1.29 is 4.58 Å². The normalized spacial score (nSPS) is 18.8. The number of anilines is 1. The van der Waals surface area contributed by atoms with Crippen LogP contribution in [0, 0.1) is 0 Å². The zero-order valence-electron chi connectivity index (χ0n) is 23.0. The minimum atomic E-state index is -0.318. The van der Waals surface area contributed by atoms with E-state index in [0.29, 0.717) is 5.22 Å². The molecular weight excluding hydrogens is 468 g/mol. The summed E-state index contributed by atoms with van der Waals surface area (Å²) in [6.45, 7) is 18.0. The molecule has 5 rings (SSSR count). The summed E-state index contributed by atoms with van der Waals surface area (Å²) in [7, 11) is 0. The van der Waals surface area contributed by atoms with E-state index < -0.39 is 0 Å². The van der Waals surface area contributed by atoms with Gasteiger partial charge in [0, 0.05) is 41.8 Å². The summed E-state index contributed by atoms with van der Waals surface area (Å²) in [4.78, 5) is 29.3. The Labute approximate surface area is 225 Å². The van der Waals surface area contributed by atoms with Gasteiger partial charge in [0.25, 0.3) is 0 Å². The lowest BCUT2D eigenvalue weighted by molar-refractivity contribution is -0.435. The largest absolute Gasteiger partial charge is 0.364 e. The highest BCUT2D eigenvalue weighted by Crippen LogP contribution is 2.45. The van der Waals surface area contributed by atoms with E-state index in [-0.39, 0.29) is 32.9 Å². The third-order valence-electron chi connectivity index (χ3n) is 8.50. The molecule has 2 aliphatic heterocycles. The average molecular weight is 506 g/mol. The topological polar surface area (TPSA) is 40.4 Å². The number of hydrogen-bond donors (Lipinski definition) is 0. The Morgan fingerprint density at radius 3 is 2.18 bits per heavy atom. The highest BCUT2D eigenvalue weighted by Gasteiger charge is 2.45. The van der Waals surface area contributed by atoms with Gasteiger partial charge in [-0.15, -0.1) is 13.2 Å². The Morgan fingerprint density at radius 2 is 1.50 bits per heavy atom. The van der Waals surface area contributed by atoms with Crippen LogP contribution >= 0.6 is 0 Å². The second kappa shape index (κ2) is 9.50. The summed E-state index contributed by atoms with van der Waals surface area (Å²) in [6, 6.07) is 16.6. The molecule has 194 valence electrons. The SMILES string of the molecule is C=CCCN1c2ccccc2C(C)(C)C1C=c1c(=O)c(=CC2=[N+](CCC=C)c3ccccc3C2(C)C)c1=O. The Kier molecular flexibility index (Phi) is 6.46. The minimum Gasteiger partial charge on any atom is -0.364 e. The van der Waals surface area contributed by atoms with Crippen LogP contribution in [-0.2, 0) is 10.8 Å². The van der Waals surface area contributed by atoms with Gasteiger partial charge in [-0.2, -0.15) is 4.58 Å². The molecule has 4 nitrogen and oxygen atoms in total. The molecule has 0 spiro atoms. The van der Waals surface area contributed by atoms with Crippen molar-refractivity contribution in [3.05, 3.63) is 116 Å². The first-order chi connectivity index (χ1) is 18.1. The molecule has 0 aliphatic carbocycles. The summed E-state index contributed by atoms with van der Waals surface area (Å²) in [5.41, 5.74) is 4.84. The van der Waals surface area contributed by atoms with Crippen molar-refractivity contribution >= 4 is 29.2 Å². The smallest absolute Gasteiger partial charge is 0.209 e. The van der Waals surface area contributed by atoms with Crippen LogP contribution in [0.4, 0.5) is 11.4 Å². The van der Waals surface area contributed by atoms with E-state index in [9.17, 15) is 9.59 Å². The zero-order valence-corrected chi connectivity index (χ0v) is 23.0. The van der Waals surface area contributed by atoms with Gasteiger partial charge in [0.05, 0.1) is 21.9 Å². The van der Waals surface area contributed by atoms with Crippen LogP contribution in [0.25, 0.3) is 12.2 Å². The molecule has 4 heteroatoms. The first-order valence-electron chi connectivity index (χ1n) is 13.5. The molecule has 0 fully saturated rings. The second-order valence-corrected chi connectivity index (χ2v) is 11.5. The fourth-order valence-corrected chi connectivity index (χ4v) is 6.33. The molecule has 0 aromatic heterocycles. The van der Waals surface area contributed by atoms with Crippen molar-refractivity contribution in [3.63, 3.8) is 0 Å². The lowest BCUT2D eigenvalue weighted by Gasteiger charge is -2.32. The average Bonchev–Trinajstić information content (AvgIpc) is 3.26. The Balaban J connectivity index is 1.63. The van der Waals surface area contributed by atoms with E-state index in [1.54, 1.807) is 0 Å². The lowest BCUT2D eigenvalue weighted by atomic mass is 9.79. The van der Waals surface area contributed by atoms with Crippen LogP contribution in [0.5, 0.6) is 0 Å². The maximum Gasteiger partial charge on any atom is 0.209 e. The molecule has 0 bridgehead atoms. The summed E-state index contributed by atoms with van der Waals surface area (Å²) >= 11 is 0. The number of nitrogens with zero attached hydrogens (tertiary/aromatic N) is 2. The van der Waals surface area contributed by atoms with Crippen LogP contribution in [0.2, 0.25) is 0 Å². The van der Waals surface area contributed by atoms with Gasteiger partial charge in [0.2, 0.25) is 16.5 Å². The van der Waals surface area contributed by atoms with Crippen LogP contribution in [0.1, 0.15) is 51.7 Å². The van der Waals surface area contributed by atoms with Gasteiger partial charge in [-0.3, -0.25) is 9.59 Å². The lowest BCUT2D eigenvalue weighted by Crippen LogP contribution is -2.66. The molecule has 0 radical (unpaired) electrons. The molecule has 0 saturated heterocycles. The molecule has 3 aromatic carbocycles. The molecule has 2 aliphatic rings. The van der Waals surface area contributed by atoms with Crippen LogP contribution in [0.3, 0.4) is 0 Å². The fraction of sp³-hybridized carbons (Fsp3) is 0.324. The second-order valence-electron chi connectivity index (χ2n) is 11.5. The predicted octanol–water partition coefficient (Wildman–Crippen LogP) is 4.24. The van der Waals surface area contributed by atoms with Crippen molar-refractivity contribution in [1.82, 2.24) is 0 Å². The van der Waals surface area contributed by atoms with E-state index in [2.05, 4.69) is 80.7 Å². The van der Waals surface area contributed by atoms with Gasteiger partial charge >= 0.3 is 0 Å². The third-order valence-corrected chi connectivity index (χ3v) is 8.50. The number of benzene rings is 2. The molecule has 0 saturated carbocycles. The van der Waals surface area contributed by atoms with Crippen molar-refractivity contribution in [2.24, 2.45) is 0 Å². The van der Waals surface area contributed by atoms with E-state index >= 15 is 0 Å². The molecule has 0 N–H and O–H groups in total. The highest BCUT2D eigenvalue weighted by molar-refractivity contribution is 6.15. The monoisotopic (exact) mass is 505 g/mol. The van der Waals surface area contributed by atoms with E-state index in [1.807, 2.05) is 42.5 Å². The number of fused-ring (bicyclic) bond motifs is 2. The number of hydrogen-bond acceptors (Lipinski definition) is 3. The van der Waals surface area contributed by atoms with Crippen molar-refractivity contribution in [2.45, 2.75) is 57.4 Å². The standard InChI is InChI=1S/C34H37N2O2/c1-7-9-19-35-27-17-13-11-15-25(27)33(3,4)29(35)21-23-31(37)24(32(23)38)22-30-34(5,6)26-16-12-14-18-28(26)36(30)20-10-8-2/h7-8,11-18,21-22,29H,1-2,9-10,19-20H2,3-6H3/q+1. The van der Waals surface area contributed by atoms with E-state index in [0.717, 1.165) is 43.0 Å². The molecule has 2 heterocycles. The molecular formula is C34H37N2O2+. The number of rotatable bonds is 8. The summed E-state index contributed by atoms with van der Waals surface area (Å²) in [5, 5.41) is 0.582. The maximum absolute atomic E-state index is 13.5. The summed E-state index contributed by atoms with van der Waals surface area (Å²) < 4.78 is 2.24. The fourth-order valence-electron chi connectivity index (χ4n) is 6.33. The molecule has 1 atom stereocenters. The van der Waals surface area contributed by atoms with Crippen molar-refractivity contribution in [3.8, 4) is 0 Å². The van der Waals surface area contributed by atoms with Gasteiger partial charge in [-0.25, -0.2) is 0 Å². The number of para-hydroxylation sites is 2. The Hall–Kier alpha value is -3.79. The van der Waals surface area contributed by atoms with Crippen LogP contribution < -0.4 is 26.2 Å². The molecule has 1 unspecified atom stereocenters. The van der Waals surface area contributed by atoms with Gasteiger partial charge in [0.15, 0.2) is 12.3 Å². The highest BCUT2D eigenvalue weighted by atomic mass is 16.1. The van der Waals surface area contributed by atoms with Crippen molar-refractivity contribution in [2.75, 3.05) is 18.0 Å². The summed E-state index contributed by atoms with van der Waals surface area (Å²) in [6.07, 6.45) is 9.20. The quantitative estimate of drug-likeness (QED) is 0.340. The van der Waals surface area contributed by atoms with E-state index in [1.165, 1.54) is 11.1 Å². The summed E-state index contributed by atoms with van der Waals surface area (Å²) in [5.74, 6) is 0. The Morgan fingerprint density at radius 1 is 0.868 bits per heavy atom. The first-order valence-corrected chi connectivity index (χ1v) is 13.5. The van der Waals surface area contributed by atoms with Crippen LogP contribution in [-0.4, -0.2) is 29.4 Å². The van der Waals surface area contributed by atoms with E-state index in [4.69, 9.17) is 0 Å². The third kappa shape index (κ3) is 3.86. The Bertz CT molecular complexity index is 1630.